The van der Waals surface area contributed by atoms with Crippen molar-refractivity contribution in [3.05, 3.63) is 71.8 Å². The highest BCUT2D eigenvalue weighted by atomic mass is 16.2. The normalized spacial score (nSPS) is 10.3. The maximum atomic E-state index is 12.6. The molecule has 0 saturated carbocycles. The maximum absolute atomic E-state index is 12.6. The monoisotopic (exact) mass is 296 g/mol. The fourth-order valence-corrected chi connectivity index (χ4v) is 2.31. The van der Waals surface area contributed by atoms with Crippen LogP contribution in [-0.4, -0.2) is 24.9 Å². The molecule has 22 heavy (non-hydrogen) atoms. The number of amides is 2. The molecular weight excluding hydrogens is 276 g/mol. The molecule has 0 aliphatic heterocycles. The van der Waals surface area contributed by atoms with Gasteiger partial charge in [-0.2, -0.15) is 0 Å². The summed E-state index contributed by atoms with van der Waals surface area (Å²) in [6.07, 6.45) is 0. The Hall–Kier alpha value is -2.62. The van der Waals surface area contributed by atoms with Crippen molar-refractivity contribution < 1.29 is 9.59 Å². The second kappa shape index (κ2) is 7.98. The summed E-state index contributed by atoms with van der Waals surface area (Å²) in [4.78, 5) is 23.4. The second-order valence-corrected chi connectivity index (χ2v) is 5.03. The van der Waals surface area contributed by atoms with E-state index in [0.29, 0.717) is 13.1 Å². The Labute approximate surface area is 130 Å². The predicted octanol–water partition coefficient (Wildman–Crippen LogP) is 2.07. The maximum Gasteiger partial charge on any atom is 0.232 e. The van der Waals surface area contributed by atoms with Gasteiger partial charge in [-0.25, -0.2) is 0 Å². The highest BCUT2D eigenvalue weighted by Gasteiger charge is 2.21. The highest BCUT2D eigenvalue weighted by molar-refractivity contribution is 5.87. The Morgan fingerprint density at radius 2 is 1.27 bits per heavy atom. The largest absolute Gasteiger partial charge is 0.355 e. The molecule has 4 nitrogen and oxygen atoms in total. The molecule has 2 aromatic rings. The first kappa shape index (κ1) is 15.8. The van der Waals surface area contributed by atoms with Crippen LogP contribution in [0, 0.1) is 0 Å². The number of carbonyl (C=O) groups excluding carboxylic acids is 2. The van der Waals surface area contributed by atoms with Crippen molar-refractivity contribution in [3.63, 3.8) is 0 Å². The Kier molecular flexibility index (Phi) is 5.72. The zero-order valence-electron chi connectivity index (χ0n) is 12.6. The van der Waals surface area contributed by atoms with E-state index in [0.717, 1.165) is 11.1 Å². The van der Waals surface area contributed by atoms with E-state index in [4.69, 9.17) is 0 Å². The second-order valence-electron chi connectivity index (χ2n) is 5.03. The molecule has 0 unspecified atom stereocenters. The minimum Gasteiger partial charge on any atom is -0.355 e. The van der Waals surface area contributed by atoms with Crippen molar-refractivity contribution in [2.45, 2.75) is 12.8 Å². The van der Waals surface area contributed by atoms with Crippen LogP contribution in [0.4, 0.5) is 0 Å². The van der Waals surface area contributed by atoms with Crippen LogP contribution >= 0.6 is 0 Å². The molecule has 4 heteroatoms. The quantitative estimate of drug-likeness (QED) is 0.802. The smallest absolute Gasteiger partial charge is 0.232 e. The van der Waals surface area contributed by atoms with Crippen molar-refractivity contribution in [3.8, 4) is 0 Å². The molecule has 2 rings (SSSR count). The lowest BCUT2D eigenvalue weighted by molar-refractivity contribution is -0.122. The van der Waals surface area contributed by atoms with E-state index >= 15 is 0 Å². The SMILES string of the molecule is CC(=O)NCCNC(=O)C(c1ccccc1)c1ccccc1. The van der Waals surface area contributed by atoms with Gasteiger partial charge in [0.15, 0.2) is 0 Å². The summed E-state index contributed by atoms with van der Waals surface area (Å²) in [7, 11) is 0. The number of nitrogens with one attached hydrogen (secondary N) is 2. The first-order chi connectivity index (χ1) is 10.7. The Balaban J connectivity index is 2.11. The summed E-state index contributed by atoms with van der Waals surface area (Å²) >= 11 is 0. The van der Waals surface area contributed by atoms with Gasteiger partial charge < -0.3 is 10.6 Å². The molecule has 0 heterocycles. The minimum atomic E-state index is -0.347. The summed E-state index contributed by atoms with van der Waals surface area (Å²) in [5.74, 6) is -0.514. The standard InChI is InChI=1S/C18H20N2O2/c1-14(21)19-12-13-20-18(22)17(15-8-4-2-5-9-15)16-10-6-3-7-11-16/h2-11,17H,12-13H2,1H3,(H,19,21)(H,20,22). The third-order valence-corrected chi connectivity index (χ3v) is 3.33. The van der Waals surface area contributed by atoms with Crippen molar-refractivity contribution in [1.29, 1.82) is 0 Å². The van der Waals surface area contributed by atoms with Gasteiger partial charge in [-0.1, -0.05) is 60.7 Å². The summed E-state index contributed by atoms with van der Waals surface area (Å²) in [6, 6.07) is 19.4. The van der Waals surface area contributed by atoms with Crippen molar-refractivity contribution in [2.75, 3.05) is 13.1 Å². The van der Waals surface area contributed by atoms with Gasteiger partial charge in [-0.05, 0) is 11.1 Å². The summed E-state index contributed by atoms with van der Waals surface area (Å²) in [5.41, 5.74) is 1.90. The molecule has 0 spiro atoms. The van der Waals surface area contributed by atoms with E-state index < -0.39 is 0 Å². The summed E-state index contributed by atoms with van der Waals surface area (Å²) in [5, 5.41) is 5.55. The van der Waals surface area contributed by atoms with Crippen molar-refractivity contribution in [2.24, 2.45) is 0 Å². The van der Waals surface area contributed by atoms with Crippen LogP contribution in [0.25, 0.3) is 0 Å². The van der Waals surface area contributed by atoms with Gasteiger partial charge >= 0.3 is 0 Å². The third kappa shape index (κ3) is 4.45. The molecule has 2 aromatic carbocycles. The molecule has 0 atom stereocenters. The van der Waals surface area contributed by atoms with Crippen LogP contribution in [0.15, 0.2) is 60.7 Å². The van der Waals surface area contributed by atoms with Gasteiger partial charge in [0.1, 0.15) is 0 Å². The molecule has 0 fully saturated rings. The number of hydrogen-bond donors (Lipinski definition) is 2. The predicted molar refractivity (Wildman–Crippen MR) is 86.4 cm³/mol. The lowest BCUT2D eigenvalue weighted by atomic mass is 9.90. The van der Waals surface area contributed by atoms with Crippen LogP contribution < -0.4 is 10.6 Å². The van der Waals surface area contributed by atoms with Gasteiger partial charge in [0.25, 0.3) is 0 Å². The lowest BCUT2D eigenvalue weighted by Gasteiger charge is -2.18. The first-order valence-electron chi connectivity index (χ1n) is 7.30. The van der Waals surface area contributed by atoms with Gasteiger partial charge in [0.05, 0.1) is 5.92 Å². The fraction of sp³-hybridized carbons (Fsp3) is 0.222. The van der Waals surface area contributed by atoms with E-state index in [2.05, 4.69) is 10.6 Å². The molecule has 0 saturated heterocycles. The summed E-state index contributed by atoms with van der Waals surface area (Å²) in [6.45, 7) is 2.30. The molecule has 114 valence electrons. The number of benzene rings is 2. The molecule has 0 bridgehead atoms. The van der Waals surface area contributed by atoms with Crippen molar-refractivity contribution in [1.82, 2.24) is 10.6 Å². The third-order valence-electron chi connectivity index (χ3n) is 3.33. The molecule has 0 radical (unpaired) electrons. The summed E-state index contributed by atoms with van der Waals surface area (Å²) < 4.78 is 0. The van der Waals surface area contributed by atoms with Gasteiger partial charge in [0.2, 0.25) is 11.8 Å². The van der Waals surface area contributed by atoms with Crippen LogP contribution in [0.5, 0.6) is 0 Å². The van der Waals surface area contributed by atoms with Crippen LogP contribution in [0.2, 0.25) is 0 Å². The Bertz CT molecular complexity index is 572. The van der Waals surface area contributed by atoms with E-state index in [-0.39, 0.29) is 17.7 Å². The molecular formula is C18H20N2O2. The highest BCUT2D eigenvalue weighted by Crippen LogP contribution is 2.24. The van der Waals surface area contributed by atoms with E-state index in [1.807, 2.05) is 60.7 Å². The molecule has 0 aliphatic rings. The number of rotatable bonds is 6. The topological polar surface area (TPSA) is 58.2 Å². The van der Waals surface area contributed by atoms with E-state index in [1.165, 1.54) is 6.92 Å². The average Bonchev–Trinajstić information content (AvgIpc) is 2.54. The van der Waals surface area contributed by atoms with E-state index in [1.54, 1.807) is 0 Å². The minimum absolute atomic E-state index is 0.0669. The average molecular weight is 296 g/mol. The van der Waals surface area contributed by atoms with Crippen LogP contribution in [0.3, 0.4) is 0 Å². The zero-order chi connectivity index (χ0) is 15.8. The van der Waals surface area contributed by atoms with Gasteiger partial charge in [-0.15, -0.1) is 0 Å². The zero-order valence-corrected chi connectivity index (χ0v) is 12.6. The lowest BCUT2D eigenvalue weighted by Crippen LogP contribution is -2.36. The molecule has 0 aliphatic carbocycles. The van der Waals surface area contributed by atoms with Crippen LogP contribution in [-0.2, 0) is 9.59 Å². The van der Waals surface area contributed by atoms with Gasteiger partial charge in [-0.3, -0.25) is 9.59 Å². The van der Waals surface area contributed by atoms with Gasteiger partial charge in [0, 0.05) is 20.0 Å². The molecule has 0 aromatic heterocycles. The van der Waals surface area contributed by atoms with Crippen LogP contribution in [0.1, 0.15) is 24.0 Å². The van der Waals surface area contributed by atoms with Crippen molar-refractivity contribution >= 4 is 11.8 Å². The van der Waals surface area contributed by atoms with E-state index in [9.17, 15) is 9.59 Å². The number of carbonyl (C=O) groups is 2. The number of hydrogen-bond acceptors (Lipinski definition) is 2. The molecule has 2 N–H and O–H groups in total. The Morgan fingerprint density at radius 3 is 1.73 bits per heavy atom. The molecule has 2 amide bonds. The Morgan fingerprint density at radius 1 is 0.818 bits per heavy atom. The fourth-order valence-electron chi connectivity index (χ4n) is 2.31. The first-order valence-corrected chi connectivity index (χ1v) is 7.30.